The number of nitrogens with one attached hydrogen (secondary N) is 1. The molecule has 7 heteroatoms. The van der Waals surface area contributed by atoms with E-state index < -0.39 is 12.0 Å². The molecule has 0 aliphatic heterocycles. The Hall–Kier alpha value is -2.28. The van der Waals surface area contributed by atoms with Crippen molar-refractivity contribution in [2.75, 3.05) is 6.26 Å². The van der Waals surface area contributed by atoms with Crippen LogP contribution in [-0.4, -0.2) is 28.4 Å². The molecule has 1 atom stereocenters. The maximum atomic E-state index is 12.3. The maximum Gasteiger partial charge on any atom is 0.305 e. The van der Waals surface area contributed by atoms with E-state index in [2.05, 4.69) is 10.5 Å². The molecule has 2 N–H and O–H groups in total. The summed E-state index contributed by atoms with van der Waals surface area (Å²) in [6, 6.07) is 7.00. The number of carboxylic acids is 1. The summed E-state index contributed by atoms with van der Waals surface area (Å²) >= 11 is 1.61. The first-order valence-corrected chi connectivity index (χ1v) is 9.20. The Kier molecular flexibility index (Phi) is 6.64. The van der Waals surface area contributed by atoms with Crippen molar-refractivity contribution >= 4 is 23.6 Å². The van der Waals surface area contributed by atoms with E-state index >= 15 is 0 Å². The van der Waals surface area contributed by atoms with E-state index in [-0.39, 0.29) is 18.7 Å². The Morgan fingerprint density at radius 3 is 2.48 bits per heavy atom. The quantitative estimate of drug-likeness (QED) is 0.700. The number of carbonyl (C=O) groups excluding carboxylic acids is 1. The zero-order chi connectivity index (χ0) is 18.4. The Bertz CT molecular complexity index is 721. The molecule has 0 aliphatic rings. The molecule has 6 nitrogen and oxygen atoms in total. The van der Waals surface area contributed by atoms with Crippen LogP contribution in [0.2, 0.25) is 0 Å². The van der Waals surface area contributed by atoms with Gasteiger partial charge in [0.1, 0.15) is 5.76 Å². The first kappa shape index (κ1) is 19.1. The van der Waals surface area contributed by atoms with Crippen molar-refractivity contribution in [3.05, 3.63) is 46.8 Å². The van der Waals surface area contributed by atoms with E-state index in [0.717, 1.165) is 21.7 Å². The van der Waals surface area contributed by atoms with Crippen LogP contribution in [0.15, 0.2) is 33.7 Å². The number of nitrogens with zero attached hydrogens (tertiary/aromatic N) is 1. The molecular weight excluding hydrogens is 340 g/mol. The number of amides is 1. The van der Waals surface area contributed by atoms with Gasteiger partial charge in [0, 0.05) is 16.9 Å². The number of rotatable bonds is 8. The highest BCUT2D eigenvalue weighted by molar-refractivity contribution is 7.98. The second-order valence-electron chi connectivity index (χ2n) is 5.79. The number of benzene rings is 1. The van der Waals surface area contributed by atoms with Crippen molar-refractivity contribution in [3.8, 4) is 0 Å². The third kappa shape index (κ3) is 5.35. The molecular formula is C18H22N2O4S. The van der Waals surface area contributed by atoms with E-state index in [9.17, 15) is 9.59 Å². The van der Waals surface area contributed by atoms with Crippen LogP contribution in [0.25, 0.3) is 0 Å². The van der Waals surface area contributed by atoms with Crippen LogP contribution in [0.1, 0.15) is 41.5 Å². The summed E-state index contributed by atoms with van der Waals surface area (Å²) in [5.74, 6) is -0.440. The van der Waals surface area contributed by atoms with Crippen LogP contribution in [0.5, 0.6) is 0 Å². The van der Waals surface area contributed by atoms with Crippen LogP contribution in [-0.2, 0) is 16.0 Å². The molecule has 1 heterocycles. The fourth-order valence-electron chi connectivity index (χ4n) is 2.63. The van der Waals surface area contributed by atoms with Gasteiger partial charge in [0.15, 0.2) is 0 Å². The molecule has 0 bridgehead atoms. The summed E-state index contributed by atoms with van der Waals surface area (Å²) in [4.78, 5) is 24.5. The normalized spacial score (nSPS) is 12.0. The van der Waals surface area contributed by atoms with Crippen molar-refractivity contribution in [1.29, 1.82) is 0 Å². The monoisotopic (exact) mass is 362 g/mol. The van der Waals surface area contributed by atoms with E-state index in [0.29, 0.717) is 12.2 Å². The van der Waals surface area contributed by atoms with Gasteiger partial charge in [-0.25, -0.2) is 0 Å². The van der Waals surface area contributed by atoms with E-state index in [1.807, 2.05) is 44.4 Å². The van der Waals surface area contributed by atoms with Gasteiger partial charge < -0.3 is 14.9 Å². The number of aryl methyl sites for hydroxylation is 2. The number of carboxylic acid groups (broad SMARTS) is 1. The summed E-state index contributed by atoms with van der Waals surface area (Å²) in [7, 11) is 0. The van der Waals surface area contributed by atoms with Crippen molar-refractivity contribution < 1.29 is 19.2 Å². The molecule has 2 rings (SSSR count). The number of carbonyl (C=O) groups is 2. The van der Waals surface area contributed by atoms with Crippen LogP contribution in [0.3, 0.4) is 0 Å². The van der Waals surface area contributed by atoms with Crippen molar-refractivity contribution in [2.45, 2.75) is 44.0 Å². The molecule has 1 aromatic carbocycles. The highest BCUT2D eigenvalue weighted by atomic mass is 32.2. The van der Waals surface area contributed by atoms with Gasteiger partial charge in [0.25, 0.3) is 0 Å². The molecule has 134 valence electrons. The van der Waals surface area contributed by atoms with E-state index in [1.54, 1.807) is 11.8 Å². The molecule has 0 spiro atoms. The lowest BCUT2D eigenvalue weighted by molar-refractivity contribution is -0.137. The fourth-order valence-corrected chi connectivity index (χ4v) is 3.04. The lowest BCUT2D eigenvalue weighted by Crippen LogP contribution is -2.30. The summed E-state index contributed by atoms with van der Waals surface area (Å²) in [6.07, 6.45) is 2.58. The predicted molar refractivity (Wildman–Crippen MR) is 95.7 cm³/mol. The largest absolute Gasteiger partial charge is 0.481 e. The zero-order valence-corrected chi connectivity index (χ0v) is 15.4. The second kappa shape index (κ2) is 8.71. The first-order chi connectivity index (χ1) is 11.9. The third-order valence-corrected chi connectivity index (χ3v) is 4.76. The Balaban J connectivity index is 2.02. The highest BCUT2D eigenvalue weighted by Crippen LogP contribution is 2.22. The van der Waals surface area contributed by atoms with Gasteiger partial charge in [-0.2, -0.15) is 0 Å². The van der Waals surface area contributed by atoms with E-state index in [4.69, 9.17) is 9.63 Å². The Labute approximate surface area is 151 Å². The standard InChI is InChI=1S/C18H22N2O4S/c1-11-15(12(2)24-20-11)8-9-17(21)19-16(10-18(22)23)13-4-6-14(25-3)7-5-13/h4-7,16H,8-10H2,1-3H3,(H,19,21)(H,22,23). The smallest absolute Gasteiger partial charge is 0.305 e. The molecule has 0 radical (unpaired) electrons. The molecule has 0 saturated carbocycles. The van der Waals surface area contributed by atoms with Gasteiger partial charge in [-0.1, -0.05) is 17.3 Å². The fraction of sp³-hybridized carbons (Fsp3) is 0.389. The lowest BCUT2D eigenvalue weighted by Gasteiger charge is -2.18. The van der Waals surface area contributed by atoms with Crippen LogP contribution in [0, 0.1) is 13.8 Å². The number of thioether (sulfide) groups is 1. The number of hydrogen-bond acceptors (Lipinski definition) is 5. The predicted octanol–water partition coefficient (Wildman–Crippen LogP) is 3.28. The van der Waals surface area contributed by atoms with Gasteiger partial charge in [0.05, 0.1) is 18.2 Å². The van der Waals surface area contributed by atoms with Crippen LogP contribution in [0.4, 0.5) is 0 Å². The van der Waals surface area contributed by atoms with E-state index in [1.165, 1.54) is 0 Å². The maximum absolute atomic E-state index is 12.3. The number of hydrogen-bond donors (Lipinski definition) is 2. The number of aromatic nitrogens is 1. The minimum absolute atomic E-state index is 0.157. The Morgan fingerprint density at radius 2 is 1.96 bits per heavy atom. The van der Waals surface area contributed by atoms with Gasteiger partial charge in [-0.3, -0.25) is 9.59 Å². The minimum atomic E-state index is -0.954. The minimum Gasteiger partial charge on any atom is -0.481 e. The average molecular weight is 362 g/mol. The topological polar surface area (TPSA) is 92.4 Å². The molecule has 0 saturated heterocycles. The SMILES string of the molecule is CSc1ccc(C(CC(=O)O)NC(=O)CCc2c(C)noc2C)cc1. The molecule has 1 unspecified atom stereocenters. The lowest BCUT2D eigenvalue weighted by atomic mass is 10.0. The summed E-state index contributed by atoms with van der Waals surface area (Å²) in [5, 5.41) is 15.8. The van der Waals surface area contributed by atoms with Crippen LogP contribution >= 0.6 is 11.8 Å². The molecule has 1 amide bonds. The van der Waals surface area contributed by atoms with Crippen molar-refractivity contribution in [3.63, 3.8) is 0 Å². The molecule has 0 fully saturated rings. The summed E-state index contributed by atoms with van der Waals surface area (Å²) in [6.45, 7) is 3.65. The Morgan fingerprint density at radius 1 is 1.28 bits per heavy atom. The van der Waals surface area contributed by atoms with Gasteiger partial charge in [-0.15, -0.1) is 11.8 Å². The summed E-state index contributed by atoms with van der Waals surface area (Å²) in [5.41, 5.74) is 2.49. The molecule has 0 aliphatic carbocycles. The van der Waals surface area contributed by atoms with Gasteiger partial charge in [0.2, 0.25) is 5.91 Å². The molecule has 2 aromatic rings. The average Bonchev–Trinajstić information content (AvgIpc) is 2.90. The molecule has 25 heavy (non-hydrogen) atoms. The summed E-state index contributed by atoms with van der Waals surface area (Å²) < 4.78 is 5.09. The van der Waals surface area contributed by atoms with Gasteiger partial charge >= 0.3 is 5.97 Å². The zero-order valence-electron chi connectivity index (χ0n) is 14.5. The highest BCUT2D eigenvalue weighted by Gasteiger charge is 2.19. The molecule has 1 aromatic heterocycles. The van der Waals surface area contributed by atoms with Crippen LogP contribution < -0.4 is 5.32 Å². The van der Waals surface area contributed by atoms with Gasteiger partial charge in [-0.05, 0) is 44.2 Å². The van der Waals surface area contributed by atoms with Crippen molar-refractivity contribution in [1.82, 2.24) is 10.5 Å². The second-order valence-corrected chi connectivity index (χ2v) is 6.67. The number of aliphatic carboxylic acids is 1. The van der Waals surface area contributed by atoms with Crippen molar-refractivity contribution in [2.24, 2.45) is 0 Å². The first-order valence-electron chi connectivity index (χ1n) is 7.97. The third-order valence-electron chi connectivity index (χ3n) is 4.02.